The van der Waals surface area contributed by atoms with Crippen molar-refractivity contribution in [2.24, 2.45) is 0 Å². The first-order valence-electron chi connectivity index (χ1n) is 12.1. The molecule has 0 saturated heterocycles. The predicted molar refractivity (Wildman–Crippen MR) is 135 cm³/mol. The van der Waals surface area contributed by atoms with Gasteiger partial charge >= 0.3 is 5.97 Å². The minimum atomic E-state index is -1.03. The Labute approximate surface area is 220 Å². The molecule has 0 aromatic heterocycles. The van der Waals surface area contributed by atoms with Crippen molar-refractivity contribution in [3.8, 4) is 34.1 Å². The van der Waals surface area contributed by atoms with E-state index >= 15 is 0 Å². The summed E-state index contributed by atoms with van der Waals surface area (Å²) in [5, 5.41) is 1.59. The van der Waals surface area contributed by atoms with Crippen LogP contribution in [0.2, 0.25) is 0 Å². The van der Waals surface area contributed by atoms with Crippen molar-refractivity contribution in [3.63, 3.8) is 0 Å². The molecule has 5 rings (SSSR count). The average Bonchev–Trinajstić information content (AvgIpc) is 3.51. The lowest BCUT2D eigenvalue weighted by atomic mass is 9.86. The van der Waals surface area contributed by atoms with Crippen LogP contribution in [0.3, 0.4) is 0 Å². The zero-order valence-corrected chi connectivity index (χ0v) is 22.2. The number of ether oxygens (including phenoxy) is 7. The second-order valence-electron chi connectivity index (χ2n) is 9.24. The van der Waals surface area contributed by atoms with Gasteiger partial charge in [0, 0.05) is 11.1 Å². The molecule has 10 nitrogen and oxygen atoms in total. The molecule has 0 fully saturated rings. The minimum absolute atomic E-state index is 0.110. The summed E-state index contributed by atoms with van der Waals surface area (Å²) in [7, 11) is 4.55. The number of methoxy groups -OCH3 is 2. The number of benzene rings is 3. The Bertz CT molecular complexity index is 1380. The quantitative estimate of drug-likeness (QED) is 0.153. The van der Waals surface area contributed by atoms with E-state index in [9.17, 15) is 4.79 Å². The molecule has 1 atom stereocenters. The van der Waals surface area contributed by atoms with Gasteiger partial charge in [0.2, 0.25) is 6.79 Å². The van der Waals surface area contributed by atoms with Crippen molar-refractivity contribution >= 4 is 16.7 Å². The molecule has 10 heteroatoms. The fraction of sp³-hybridized carbons (Fsp3) is 0.393. The zero-order chi connectivity index (χ0) is 27.0. The highest BCUT2D eigenvalue weighted by atomic mass is 17.2. The Morgan fingerprint density at radius 3 is 2.34 bits per heavy atom. The summed E-state index contributed by atoms with van der Waals surface area (Å²) in [6, 6.07) is 9.34. The molecule has 0 spiro atoms. The van der Waals surface area contributed by atoms with Gasteiger partial charge in [-0.25, -0.2) is 14.6 Å². The Morgan fingerprint density at radius 1 is 0.921 bits per heavy atom. The van der Waals surface area contributed by atoms with Crippen LogP contribution < -0.4 is 18.9 Å². The number of hydrogen-bond acceptors (Lipinski definition) is 10. The van der Waals surface area contributed by atoms with E-state index in [1.165, 1.54) is 7.11 Å². The monoisotopic (exact) mass is 526 g/mol. The van der Waals surface area contributed by atoms with Crippen molar-refractivity contribution in [2.45, 2.75) is 46.1 Å². The zero-order valence-electron chi connectivity index (χ0n) is 22.2. The SMILES string of the molecule is COOC(C)OC(C)(C)OCc1c2c(c(-c3ccc4c(c3)OCO4)c3cc(OC)c(OC)cc13)C(=O)OC2. The molecule has 2 heterocycles. The van der Waals surface area contributed by atoms with Gasteiger partial charge in [-0.1, -0.05) is 6.07 Å². The summed E-state index contributed by atoms with van der Waals surface area (Å²) in [6.07, 6.45) is -0.667. The molecular weight excluding hydrogens is 496 g/mol. The summed E-state index contributed by atoms with van der Waals surface area (Å²) in [4.78, 5) is 22.9. The van der Waals surface area contributed by atoms with Crippen molar-refractivity contribution in [1.82, 2.24) is 0 Å². The molecule has 2 aliphatic heterocycles. The molecule has 0 saturated carbocycles. The number of rotatable bonds is 10. The maximum atomic E-state index is 13.2. The van der Waals surface area contributed by atoms with Gasteiger partial charge in [-0.15, -0.1) is 0 Å². The number of carbonyl (C=O) groups excluding carboxylic acids is 1. The van der Waals surface area contributed by atoms with Crippen molar-refractivity contribution < 1.29 is 47.7 Å². The van der Waals surface area contributed by atoms with Crippen LogP contribution in [0, 0.1) is 0 Å². The first-order valence-corrected chi connectivity index (χ1v) is 12.1. The lowest BCUT2D eigenvalue weighted by Gasteiger charge is -2.29. The number of fused-ring (bicyclic) bond motifs is 3. The molecule has 38 heavy (non-hydrogen) atoms. The third-order valence-corrected chi connectivity index (χ3v) is 6.49. The van der Waals surface area contributed by atoms with Gasteiger partial charge < -0.3 is 33.2 Å². The summed E-state index contributed by atoms with van der Waals surface area (Å²) in [5.74, 6) is 0.872. The second kappa shape index (κ2) is 10.3. The van der Waals surface area contributed by atoms with Gasteiger partial charge in [0.1, 0.15) is 6.61 Å². The van der Waals surface area contributed by atoms with Gasteiger partial charge in [0.25, 0.3) is 0 Å². The van der Waals surface area contributed by atoms with E-state index in [1.54, 1.807) is 35.0 Å². The van der Waals surface area contributed by atoms with Gasteiger partial charge in [-0.05, 0) is 66.9 Å². The predicted octanol–water partition coefficient (Wildman–Crippen LogP) is 5.12. The summed E-state index contributed by atoms with van der Waals surface area (Å²) < 4.78 is 39.9. The van der Waals surface area contributed by atoms with Crippen LogP contribution in [0.25, 0.3) is 21.9 Å². The fourth-order valence-electron chi connectivity index (χ4n) is 4.88. The first kappa shape index (κ1) is 26.1. The first-order chi connectivity index (χ1) is 18.3. The third-order valence-electron chi connectivity index (χ3n) is 6.49. The Balaban J connectivity index is 1.69. The molecule has 0 aliphatic carbocycles. The minimum Gasteiger partial charge on any atom is -0.493 e. The molecule has 2 aliphatic rings. The van der Waals surface area contributed by atoms with E-state index in [4.69, 9.17) is 42.9 Å². The number of esters is 1. The second-order valence-corrected chi connectivity index (χ2v) is 9.24. The average molecular weight is 527 g/mol. The van der Waals surface area contributed by atoms with E-state index < -0.39 is 18.0 Å². The van der Waals surface area contributed by atoms with E-state index in [2.05, 4.69) is 0 Å². The highest BCUT2D eigenvalue weighted by Gasteiger charge is 2.33. The van der Waals surface area contributed by atoms with E-state index in [0.29, 0.717) is 34.1 Å². The van der Waals surface area contributed by atoms with Crippen LogP contribution in [0.4, 0.5) is 0 Å². The summed E-state index contributed by atoms with van der Waals surface area (Å²) >= 11 is 0. The van der Waals surface area contributed by atoms with Crippen LogP contribution in [-0.4, -0.2) is 46.2 Å². The van der Waals surface area contributed by atoms with Crippen LogP contribution in [0.15, 0.2) is 30.3 Å². The van der Waals surface area contributed by atoms with E-state index in [1.807, 2.05) is 30.3 Å². The van der Waals surface area contributed by atoms with Gasteiger partial charge in [-0.2, -0.15) is 0 Å². The lowest BCUT2D eigenvalue weighted by molar-refractivity contribution is -0.399. The highest BCUT2D eigenvalue weighted by Crippen LogP contribution is 2.47. The van der Waals surface area contributed by atoms with Crippen LogP contribution in [0.1, 0.15) is 42.3 Å². The fourth-order valence-corrected chi connectivity index (χ4v) is 4.88. The molecule has 1 unspecified atom stereocenters. The molecule has 3 aromatic carbocycles. The maximum Gasteiger partial charge on any atom is 0.339 e. The molecule has 0 N–H and O–H groups in total. The topological polar surface area (TPSA) is 100 Å². The van der Waals surface area contributed by atoms with Gasteiger partial charge in [0.05, 0.1) is 33.5 Å². The Kier molecular flexibility index (Phi) is 7.06. The molecule has 202 valence electrons. The Morgan fingerprint density at radius 2 is 1.63 bits per heavy atom. The molecule has 0 bridgehead atoms. The third kappa shape index (κ3) is 4.71. The molecule has 3 aromatic rings. The van der Waals surface area contributed by atoms with E-state index in [-0.39, 0.29) is 20.0 Å². The van der Waals surface area contributed by atoms with Crippen LogP contribution in [0.5, 0.6) is 23.0 Å². The van der Waals surface area contributed by atoms with Gasteiger partial charge in [-0.3, -0.25) is 0 Å². The number of cyclic esters (lactones) is 1. The number of hydrogen-bond donors (Lipinski definition) is 0. The van der Waals surface area contributed by atoms with Crippen molar-refractivity contribution in [3.05, 3.63) is 47.0 Å². The maximum absolute atomic E-state index is 13.2. The van der Waals surface area contributed by atoms with Gasteiger partial charge in [0.15, 0.2) is 35.1 Å². The Hall–Kier alpha value is -3.57. The van der Waals surface area contributed by atoms with Crippen LogP contribution >= 0.6 is 0 Å². The lowest BCUT2D eigenvalue weighted by Crippen LogP contribution is -2.33. The standard InChI is InChI=1S/C28H30O10/c1-15(38-32-6)37-28(2,3)36-13-19-17-10-22(30-4)23(31-5)11-18(17)25(26-20(19)12-33-27(26)29)16-7-8-21-24(9-16)35-14-34-21/h7-11,15H,12-14H2,1-6H3. The van der Waals surface area contributed by atoms with Crippen LogP contribution in [-0.2, 0) is 37.2 Å². The van der Waals surface area contributed by atoms with E-state index in [0.717, 1.165) is 27.5 Å². The summed E-state index contributed by atoms with van der Waals surface area (Å²) in [6.45, 7) is 5.63. The highest BCUT2D eigenvalue weighted by molar-refractivity contribution is 6.12. The smallest absolute Gasteiger partial charge is 0.339 e. The summed E-state index contributed by atoms with van der Waals surface area (Å²) in [5.41, 5.74) is 3.47. The molecule has 0 amide bonds. The van der Waals surface area contributed by atoms with Crippen molar-refractivity contribution in [1.29, 1.82) is 0 Å². The largest absolute Gasteiger partial charge is 0.493 e. The number of carbonyl (C=O) groups is 1. The normalized spacial score (nSPS) is 14.9. The molecular formula is C28H30O10. The van der Waals surface area contributed by atoms with Crippen molar-refractivity contribution in [2.75, 3.05) is 28.1 Å². The molecule has 0 radical (unpaired) electrons.